The number of rotatable bonds is 7. The van der Waals surface area contributed by atoms with Gasteiger partial charge >= 0.3 is 0 Å². The molecule has 10 heteroatoms. The number of hydrogen-bond donors (Lipinski definition) is 2. The first-order valence-corrected chi connectivity index (χ1v) is 11.3. The fourth-order valence-corrected chi connectivity index (χ4v) is 4.66. The van der Waals surface area contributed by atoms with Gasteiger partial charge in [-0.05, 0) is 47.9 Å². The van der Waals surface area contributed by atoms with Gasteiger partial charge in [-0.15, -0.1) is 11.3 Å². The van der Waals surface area contributed by atoms with E-state index < -0.39 is 0 Å². The first-order chi connectivity index (χ1) is 14.6. The van der Waals surface area contributed by atoms with E-state index in [9.17, 15) is 4.79 Å². The molecule has 1 unspecified atom stereocenters. The molecule has 158 valence electrons. The summed E-state index contributed by atoms with van der Waals surface area (Å²) in [5, 5.41) is 12.8. The summed E-state index contributed by atoms with van der Waals surface area (Å²) in [7, 11) is 0. The van der Waals surface area contributed by atoms with Gasteiger partial charge in [0.2, 0.25) is 5.91 Å². The molecule has 1 fully saturated rings. The van der Waals surface area contributed by atoms with Crippen molar-refractivity contribution in [3.63, 3.8) is 0 Å². The molecule has 3 heterocycles. The molecule has 0 spiro atoms. The minimum Gasteiger partial charge on any atom is -0.379 e. The number of carbonyl (C=O) groups is 1. The lowest BCUT2D eigenvalue weighted by molar-refractivity contribution is -0.122. The van der Waals surface area contributed by atoms with Crippen molar-refractivity contribution < 1.29 is 9.53 Å². The fourth-order valence-electron chi connectivity index (χ4n) is 3.47. The van der Waals surface area contributed by atoms with Gasteiger partial charge < -0.3 is 10.1 Å². The van der Waals surface area contributed by atoms with Gasteiger partial charge in [0.15, 0.2) is 10.6 Å². The molecule has 1 atom stereocenters. The summed E-state index contributed by atoms with van der Waals surface area (Å²) >= 11 is 13.0. The largest absolute Gasteiger partial charge is 0.379 e. The minimum absolute atomic E-state index is 0.0908. The van der Waals surface area contributed by atoms with Crippen LogP contribution in [0.5, 0.6) is 0 Å². The van der Waals surface area contributed by atoms with Crippen LogP contribution in [0, 0.1) is 4.77 Å². The number of halogens is 1. The Morgan fingerprint density at radius 2 is 2.07 bits per heavy atom. The lowest BCUT2D eigenvalue weighted by Gasteiger charge is -2.34. The molecule has 0 bridgehead atoms. The molecule has 4 rings (SSSR count). The molecule has 1 saturated heterocycles. The van der Waals surface area contributed by atoms with Crippen LogP contribution in [0.4, 0.5) is 0 Å². The zero-order valence-electron chi connectivity index (χ0n) is 16.2. The van der Waals surface area contributed by atoms with E-state index in [0.29, 0.717) is 35.4 Å². The van der Waals surface area contributed by atoms with E-state index in [4.69, 9.17) is 28.6 Å². The highest BCUT2D eigenvalue weighted by Gasteiger charge is 2.24. The summed E-state index contributed by atoms with van der Waals surface area (Å²) in [6, 6.07) is 11.6. The number of benzene rings is 1. The predicted octanol–water partition coefficient (Wildman–Crippen LogP) is 3.51. The number of ether oxygens (including phenoxy) is 1. The molecule has 1 amide bonds. The van der Waals surface area contributed by atoms with Crippen LogP contribution in [0.2, 0.25) is 5.02 Å². The lowest BCUT2D eigenvalue weighted by Crippen LogP contribution is -2.44. The normalized spacial score (nSPS) is 15.8. The van der Waals surface area contributed by atoms with Gasteiger partial charge in [-0.1, -0.05) is 17.7 Å². The predicted molar refractivity (Wildman–Crippen MR) is 120 cm³/mol. The van der Waals surface area contributed by atoms with Crippen LogP contribution < -0.4 is 5.32 Å². The van der Waals surface area contributed by atoms with Gasteiger partial charge in [0.25, 0.3) is 0 Å². The van der Waals surface area contributed by atoms with Crippen molar-refractivity contribution in [1.82, 2.24) is 25.0 Å². The van der Waals surface area contributed by atoms with Crippen LogP contribution in [0.15, 0.2) is 41.8 Å². The molecule has 0 aliphatic carbocycles. The summed E-state index contributed by atoms with van der Waals surface area (Å²) in [5.41, 5.74) is 0.837. The zero-order chi connectivity index (χ0) is 20.9. The van der Waals surface area contributed by atoms with Crippen LogP contribution in [0.1, 0.15) is 10.9 Å². The van der Waals surface area contributed by atoms with Gasteiger partial charge in [-0.25, -0.2) is 0 Å². The van der Waals surface area contributed by atoms with Crippen LogP contribution in [-0.2, 0) is 16.1 Å². The minimum atomic E-state index is -0.113. The second kappa shape index (κ2) is 9.84. The standard InChI is InChI=1S/C20H22ClN5O2S2/c21-15-5-3-14(4-6-15)19-23-24-20(29)26(19)13-18(27)22-12-16(17-2-1-11-30-17)25-7-9-28-10-8-25/h1-6,11,16H,7-10,12-13H2,(H,22,27)(H,24,29). The maximum Gasteiger partial charge on any atom is 0.240 e. The number of nitrogens with one attached hydrogen (secondary N) is 2. The van der Waals surface area contributed by atoms with E-state index in [1.165, 1.54) is 4.88 Å². The number of carbonyl (C=O) groups excluding carboxylic acids is 1. The molecule has 2 aromatic heterocycles. The average molecular weight is 464 g/mol. The molecule has 1 aromatic carbocycles. The number of aromatic amines is 1. The van der Waals surface area contributed by atoms with Gasteiger partial charge in [0, 0.05) is 35.1 Å². The molecule has 3 aromatic rings. The summed E-state index contributed by atoms with van der Waals surface area (Å²) in [6.45, 7) is 3.75. The summed E-state index contributed by atoms with van der Waals surface area (Å²) in [6.07, 6.45) is 0. The third-order valence-electron chi connectivity index (χ3n) is 5.01. The van der Waals surface area contributed by atoms with Crippen molar-refractivity contribution >= 4 is 41.1 Å². The molecule has 30 heavy (non-hydrogen) atoms. The molecule has 2 N–H and O–H groups in total. The molecule has 1 aliphatic rings. The van der Waals surface area contributed by atoms with Crippen molar-refractivity contribution in [2.75, 3.05) is 32.8 Å². The number of hydrogen-bond acceptors (Lipinski definition) is 6. The molecule has 1 aliphatic heterocycles. The van der Waals surface area contributed by atoms with E-state index in [1.54, 1.807) is 28.0 Å². The average Bonchev–Trinajstić information content (AvgIpc) is 3.41. The zero-order valence-corrected chi connectivity index (χ0v) is 18.6. The van der Waals surface area contributed by atoms with Crippen molar-refractivity contribution in [3.8, 4) is 11.4 Å². The highest BCUT2D eigenvalue weighted by Crippen LogP contribution is 2.25. The highest BCUT2D eigenvalue weighted by molar-refractivity contribution is 7.71. The Labute approximate surface area is 188 Å². The quantitative estimate of drug-likeness (QED) is 0.524. The van der Waals surface area contributed by atoms with E-state index in [0.717, 1.165) is 18.7 Å². The number of morpholine rings is 1. The highest BCUT2D eigenvalue weighted by atomic mass is 35.5. The van der Waals surface area contributed by atoms with Gasteiger partial charge in [0.1, 0.15) is 6.54 Å². The maximum atomic E-state index is 12.8. The van der Waals surface area contributed by atoms with Gasteiger partial charge in [-0.2, -0.15) is 5.10 Å². The van der Waals surface area contributed by atoms with Crippen LogP contribution in [0.25, 0.3) is 11.4 Å². The van der Waals surface area contributed by atoms with Crippen molar-refractivity contribution in [2.45, 2.75) is 12.6 Å². The van der Waals surface area contributed by atoms with E-state index in [1.807, 2.05) is 18.2 Å². The monoisotopic (exact) mass is 463 g/mol. The second-order valence-corrected chi connectivity index (χ2v) is 8.73. The Morgan fingerprint density at radius 1 is 1.30 bits per heavy atom. The number of aromatic nitrogens is 3. The van der Waals surface area contributed by atoms with Crippen LogP contribution in [0.3, 0.4) is 0 Å². The molecule has 0 saturated carbocycles. The van der Waals surface area contributed by atoms with E-state index in [2.05, 4.69) is 31.9 Å². The first-order valence-electron chi connectivity index (χ1n) is 9.65. The Balaban J connectivity index is 1.45. The number of nitrogens with zero attached hydrogens (tertiary/aromatic N) is 3. The van der Waals surface area contributed by atoms with E-state index >= 15 is 0 Å². The smallest absolute Gasteiger partial charge is 0.240 e. The molecular weight excluding hydrogens is 442 g/mol. The topological polar surface area (TPSA) is 75.2 Å². The number of H-pyrrole nitrogens is 1. The number of thiophene rings is 1. The summed E-state index contributed by atoms with van der Waals surface area (Å²) in [4.78, 5) is 16.4. The Kier molecular flexibility index (Phi) is 6.96. The van der Waals surface area contributed by atoms with Gasteiger partial charge in [-0.3, -0.25) is 19.4 Å². The summed E-state index contributed by atoms with van der Waals surface area (Å²) in [5.74, 6) is 0.493. The third-order valence-corrected chi connectivity index (χ3v) is 6.55. The van der Waals surface area contributed by atoms with Crippen molar-refractivity contribution in [1.29, 1.82) is 0 Å². The Bertz CT molecular complexity index is 1030. The third kappa shape index (κ3) is 4.98. The Morgan fingerprint density at radius 3 is 2.77 bits per heavy atom. The van der Waals surface area contributed by atoms with Crippen molar-refractivity contribution in [3.05, 3.63) is 56.4 Å². The lowest BCUT2D eigenvalue weighted by atomic mass is 10.2. The van der Waals surface area contributed by atoms with Crippen molar-refractivity contribution in [2.24, 2.45) is 0 Å². The Hall–Kier alpha value is -2.04. The SMILES string of the molecule is O=C(Cn1c(-c2ccc(Cl)cc2)n[nH]c1=S)NCC(c1cccs1)N1CCOCC1. The van der Waals surface area contributed by atoms with Crippen LogP contribution >= 0.6 is 35.2 Å². The van der Waals surface area contributed by atoms with Crippen LogP contribution in [-0.4, -0.2) is 58.4 Å². The molecular formula is C20H22ClN5O2S2. The molecule has 0 radical (unpaired) electrons. The summed E-state index contributed by atoms with van der Waals surface area (Å²) < 4.78 is 7.58. The molecule has 7 nitrogen and oxygen atoms in total. The maximum absolute atomic E-state index is 12.8. The second-order valence-electron chi connectivity index (χ2n) is 6.93. The van der Waals surface area contributed by atoms with Gasteiger partial charge in [0.05, 0.1) is 19.3 Å². The first kappa shape index (κ1) is 21.2. The van der Waals surface area contributed by atoms with E-state index in [-0.39, 0.29) is 18.5 Å². The number of amides is 1. The fraction of sp³-hybridized carbons (Fsp3) is 0.350.